The van der Waals surface area contributed by atoms with Crippen LogP contribution in [0.5, 0.6) is 0 Å². The molecule has 1 aromatic carbocycles. The Bertz CT molecular complexity index is 634. The fourth-order valence-electron chi connectivity index (χ4n) is 2.12. The summed E-state index contributed by atoms with van der Waals surface area (Å²) < 4.78 is 18.7. The van der Waals surface area contributed by atoms with Gasteiger partial charge in [-0.3, -0.25) is 4.99 Å². The van der Waals surface area contributed by atoms with E-state index in [1.54, 1.807) is 25.4 Å². The minimum absolute atomic E-state index is 0. The molecule has 7 heteroatoms. The van der Waals surface area contributed by atoms with Crippen molar-refractivity contribution in [2.45, 2.75) is 13.0 Å². The standard InChI is InChI=1S/C16H19ClFN3O.HI/c1-19-16(20-8-7-13-4-3-9-22-13)21(2)11-12-5-6-14(17)15(18)10-12;/h3-6,9-10H,7-8,11H2,1-2H3,(H,19,20);1H. The van der Waals surface area contributed by atoms with Crippen LogP contribution in [0.1, 0.15) is 11.3 Å². The number of hydrogen-bond acceptors (Lipinski definition) is 2. The van der Waals surface area contributed by atoms with Crippen molar-refractivity contribution in [1.29, 1.82) is 0 Å². The first kappa shape index (κ1) is 19.8. The van der Waals surface area contributed by atoms with Crippen LogP contribution in [0.15, 0.2) is 46.0 Å². The number of hydrogen-bond donors (Lipinski definition) is 1. The number of nitrogens with zero attached hydrogens (tertiary/aromatic N) is 2. The molecule has 1 aromatic heterocycles. The maximum atomic E-state index is 13.5. The lowest BCUT2D eigenvalue weighted by Gasteiger charge is -2.22. The molecule has 23 heavy (non-hydrogen) atoms. The molecular weight excluding hydrogens is 432 g/mol. The second-order valence-electron chi connectivity index (χ2n) is 4.91. The van der Waals surface area contributed by atoms with E-state index in [1.165, 1.54) is 6.07 Å². The van der Waals surface area contributed by atoms with Crippen molar-refractivity contribution in [3.05, 3.63) is 58.8 Å². The van der Waals surface area contributed by atoms with Crippen LogP contribution in [-0.2, 0) is 13.0 Å². The molecule has 0 aliphatic heterocycles. The number of benzene rings is 1. The summed E-state index contributed by atoms with van der Waals surface area (Å²) in [6.45, 7) is 1.24. The highest BCUT2D eigenvalue weighted by molar-refractivity contribution is 14.0. The minimum Gasteiger partial charge on any atom is -0.469 e. The molecule has 2 aromatic rings. The van der Waals surface area contributed by atoms with Gasteiger partial charge in [-0.25, -0.2) is 4.39 Å². The molecule has 0 saturated carbocycles. The highest BCUT2D eigenvalue weighted by Crippen LogP contribution is 2.16. The van der Waals surface area contributed by atoms with Gasteiger partial charge in [-0.15, -0.1) is 24.0 Å². The van der Waals surface area contributed by atoms with E-state index in [1.807, 2.05) is 24.1 Å². The molecule has 1 heterocycles. The molecule has 4 nitrogen and oxygen atoms in total. The first-order valence-electron chi connectivity index (χ1n) is 6.98. The molecule has 0 saturated heterocycles. The molecule has 0 aliphatic rings. The summed E-state index contributed by atoms with van der Waals surface area (Å²) in [5.41, 5.74) is 0.832. The number of halogens is 3. The lowest BCUT2D eigenvalue weighted by atomic mass is 10.2. The zero-order valence-electron chi connectivity index (χ0n) is 13.1. The van der Waals surface area contributed by atoms with Crippen LogP contribution < -0.4 is 5.32 Å². The van der Waals surface area contributed by atoms with Crippen molar-refractivity contribution in [3.63, 3.8) is 0 Å². The molecular formula is C16H20ClFIN3O. The summed E-state index contributed by atoms with van der Waals surface area (Å²) in [6.07, 6.45) is 2.43. The summed E-state index contributed by atoms with van der Waals surface area (Å²) in [6, 6.07) is 8.61. The normalized spacial score (nSPS) is 11.0. The van der Waals surface area contributed by atoms with Gasteiger partial charge < -0.3 is 14.6 Å². The van der Waals surface area contributed by atoms with Crippen molar-refractivity contribution in [2.24, 2.45) is 4.99 Å². The number of furan rings is 1. The number of guanidine groups is 1. The van der Waals surface area contributed by atoms with Crippen molar-refractivity contribution >= 4 is 41.5 Å². The largest absolute Gasteiger partial charge is 0.469 e. The maximum Gasteiger partial charge on any atom is 0.193 e. The van der Waals surface area contributed by atoms with E-state index in [4.69, 9.17) is 16.0 Å². The third-order valence-corrected chi connectivity index (χ3v) is 3.52. The SMILES string of the molecule is CN=C(NCCc1ccco1)N(C)Cc1ccc(Cl)c(F)c1.I. The predicted molar refractivity (Wildman–Crippen MR) is 102 cm³/mol. The predicted octanol–water partition coefficient (Wildman–Crippen LogP) is 3.94. The Morgan fingerprint density at radius 3 is 2.78 bits per heavy atom. The van der Waals surface area contributed by atoms with Crippen LogP contribution in [0.25, 0.3) is 0 Å². The van der Waals surface area contributed by atoms with Gasteiger partial charge in [0.1, 0.15) is 11.6 Å². The molecule has 0 bridgehead atoms. The van der Waals surface area contributed by atoms with E-state index < -0.39 is 5.82 Å². The van der Waals surface area contributed by atoms with Gasteiger partial charge in [-0.1, -0.05) is 17.7 Å². The van der Waals surface area contributed by atoms with Crippen LogP contribution in [-0.4, -0.2) is 31.5 Å². The van der Waals surface area contributed by atoms with Gasteiger partial charge >= 0.3 is 0 Å². The molecule has 2 rings (SSSR count). The smallest absolute Gasteiger partial charge is 0.193 e. The average Bonchev–Trinajstić information content (AvgIpc) is 3.00. The van der Waals surface area contributed by atoms with Gasteiger partial charge in [0.15, 0.2) is 5.96 Å². The van der Waals surface area contributed by atoms with Crippen LogP contribution in [0, 0.1) is 5.82 Å². The third kappa shape index (κ3) is 6.02. The highest BCUT2D eigenvalue weighted by Gasteiger charge is 2.08. The van der Waals surface area contributed by atoms with Gasteiger partial charge in [0.05, 0.1) is 11.3 Å². The highest BCUT2D eigenvalue weighted by atomic mass is 127. The summed E-state index contributed by atoms with van der Waals surface area (Å²) in [5.74, 6) is 1.25. The van der Waals surface area contributed by atoms with Crippen LogP contribution >= 0.6 is 35.6 Å². The summed E-state index contributed by atoms with van der Waals surface area (Å²) in [5, 5.41) is 3.38. The first-order valence-corrected chi connectivity index (χ1v) is 7.36. The molecule has 0 radical (unpaired) electrons. The van der Waals surface area contributed by atoms with E-state index in [9.17, 15) is 4.39 Å². The van der Waals surface area contributed by atoms with Gasteiger partial charge in [0.25, 0.3) is 0 Å². The minimum atomic E-state index is -0.409. The fraction of sp³-hybridized carbons (Fsp3) is 0.312. The van der Waals surface area contributed by atoms with E-state index in [0.29, 0.717) is 13.1 Å². The summed E-state index contributed by atoms with van der Waals surface area (Å²) in [4.78, 5) is 6.15. The Balaban J connectivity index is 0.00000264. The Labute approximate surface area is 157 Å². The molecule has 0 unspecified atom stereocenters. The van der Waals surface area contributed by atoms with Gasteiger partial charge in [0.2, 0.25) is 0 Å². The molecule has 0 amide bonds. The summed E-state index contributed by atoms with van der Waals surface area (Å²) >= 11 is 5.69. The molecule has 0 fully saturated rings. The van der Waals surface area contributed by atoms with Gasteiger partial charge in [-0.2, -0.15) is 0 Å². The van der Waals surface area contributed by atoms with Crippen molar-refractivity contribution in [3.8, 4) is 0 Å². The van der Waals surface area contributed by atoms with Crippen molar-refractivity contribution in [2.75, 3.05) is 20.6 Å². The fourth-order valence-corrected chi connectivity index (χ4v) is 2.24. The number of aliphatic imine (C=N–C) groups is 1. The average molecular weight is 452 g/mol. The third-order valence-electron chi connectivity index (χ3n) is 3.21. The zero-order chi connectivity index (χ0) is 15.9. The van der Waals surface area contributed by atoms with E-state index >= 15 is 0 Å². The lowest BCUT2D eigenvalue weighted by molar-refractivity contribution is 0.468. The second-order valence-corrected chi connectivity index (χ2v) is 5.32. The molecule has 1 N–H and O–H groups in total. The van der Waals surface area contributed by atoms with Crippen LogP contribution in [0.2, 0.25) is 5.02 Å². The van der Waals surface area contributed by atoms with Gasteiger partial charge in [0, 0.05) is 33.6 Å². The Hall–Kier alpha value is -1.28. The maximum absolute atomic E-state index is 13.5. The molecule has 126 valence electrons. The molecule has 0 spiro atoms. The van der Waals surface area contributed by atoms with E-state index in [-0.39, 0.29) is 29.0 Å². The first-order chi connectivity index (χ1) is 10.6. The quantitative estimate of drug-likeness (QED) is 0.425. The Morgan fingerprint density at radius 1 is 1.39 bits per heavy atom. The molecule has 0 atom stereocenters. The Kier molecular flexibility index (Phi) is 8.40. The lowest BCUT2D eigenvalue weighted by Crippen LogP contribution is -2.39. The van der Waals surface area contributed by atoms with Crippen LogP contribution in [0.4, 0.5) is 4.39 Å². The zero-order valence-corrected chi connectivity index (χ0v) is 16.1. The number of nitrogens with one attached hydrogen (secondary N) is 1. The second kappa shape index (κ2) is 9.77. The van der Waals surface area contributed by atoms with Gasteiger partial charge in [-0.05, 0) is 29.8 Å². The van der Waals surface area contributed by atoms with E-state index in [0.717, 1.165) is 23.7 Å². The Morgan fingerprint density at radius 2 is 2.17 bits per heavy atom. The number of rotatable bonds is 5. The topological polar surface area (TPSA) is 40.8 Å². The van der Waals surface area contributed by atoms with Crippen LogP contribution in [0.3, 0.4) is 0 Å². The monoisotopic (exact) mass is 451 g/mol. The molecule has 0 aliphatic carbocycles. The van der Waals surface area contributed by atoms with E-state index in [2.05, 4.69) is 10.3 Å². The summed E-state index contributed by atoms with van der Waals surface area (Å²) in [7, 11) is 3.61. The van der Waals surface area contributed by atoms with Crippen molar-refractivity contribution < 1.29 is 8.81 Å². The van der Waals surface area contributed by atoms with Crippen molar-refractivity contribution in [1.82, 2.24) is 10.2 Å².